The van der Waals surface area contributed by atoms with Crippen molar-refractivity contribution < 1.29 is 8.42 Å². The fourth-order valence-corrected chi connectivity index (χ4v) is 5.16. The maximum absolute atomic E-state index is 12.9. The Balaban J connectivity index is 2.49. The number of hydrogen-bond acceptors (Lipinski definition) is 4. The highest BCUT2D eigenvalue weighted by molar-refractivity contribution is 7.89. The van der Waals surface area contributed by atoms with E-state index >= 15 is 0 Å². The van der Waals surface area contributed by atoms with Crippen molar-refractivity contribution in [2.24, 2.45) is 5.73 Å². The summed E-state index contributed by atoms with van der Waals surface area (Å²) in [6.45, 7) is 5.77. The molecule has 0 bridgehead atoms. The second-order valence-electron chi connectivity index (χ2n) is 5.29. The summed E-state index contributed by atoms with van der Waals surface area (Å²) in [6, 6.07) is 0.0438. The normalized spacial score (nSPS) is 25.7. The molecule has 1 aliphatic heterocycles. The zero-order valence-corrected chi connectivity index (χ0v) is 12.5. The molecule has 1 aromatic heterocycles. The summed E-state index contributed by atoms with van der Waals surface area (Å²) in [4.78, 5) is 0.260. The van der Waals surface area contributed by atoms with Crippen molar-refractivity contribution in [3.05, 3.63) is 11.4 Å². The van der Waals surface area contributed by atoms with Crippen LogP contribution in [0.3, 0.4) is 0 Å². The molecule has 3 N–H and O–H groups in total. The summed E-state index contributed by atoms with van der Waals surface area (Å²) < 4.78 is 27.4. The second kappa shape index (κ2) is 5.22. The zero-order valence-electron chi connectivity index (χ0n) is 11.7. The molecular weight excluding hydrogens is 264 g/mol. The Hall–Kier alpha value is -0.920. The van der Waals surface area contributed by atoms with Gasteiger partial charge in [-0.3, -0.25) is 5.10 Å². The van der Waals surface area contributed by atoms with Crippen LogP contribution in [0.4, 0.5) is 0 Å². The summed E-state index contributed by atoms with van der Waals surface area (Å²) in [5, 5.41) is 6.72. The lowest BCUT2D eigenvalue weighted by molar-refractivity contribution is 0.204. The Morgan fingerprint density at radius 2 is 1.95 bits per heavy atom. The van der Waals surface area contributed by atoms with Crippen LogP contribution in [0, 0.1) is 6.92 Å². The van der Waals surface area contributed by atoms with Crippen LogP contribution >= 0.6 is 0 Å². The van der Waals surface area contributed by atoms with Gasteiger partial charge in [-0.05, 0) is 33.6 Å². The molecule has 1 aliphatic rings. The Bertz CT molecular complexity index is 542. The summed E-state index contributed by atoms with van der Waals surface area (Å²) >= 11 is 0. The molecule has 2 atom stereocenters. The quantitative estimate of drug-likeness (QED) is 0.871. The molecule has 0 radical (unpaired) electrons. The van der Waals surface area contributed by atoms with Gasteiger partial charge in [-0.2, -0.15) is 9.40 Å². The first kappa shape index (κ1) is 14.5. The topological polar surface area (TPSA) is 92.1 Å². The van der Waals surface area contributed by atoms with E-state index in [2.05, 4.69) is 10.2 Å². The number of H-pyrrole nitrogens is 1. The van der Waals surface area contributed by atoms with Crippen molar-refractivity contribution in [1.82, 2.24) is 14.5 Å². The number of nitrogens with zero attached hydrogens (tertiary/aromatic N) is 2. The molecule has 1 fully saturated rings. The van der Waals surface area contributed by atoms with Gasteiger partial charge >= 0.3 is 0 Å². The molecule has 19 heavy (non-hydrogen) atoms. The van der Waals surface area contributed by atoms with Crippen LogP contribution in [0.1, 0.15) is 44.5 Å². The van der Waals surface area contributed by atoms with Gasteiger partial charge in [0.15, 0.2) is 0 Å². The lowest BCUT2D eigenvalue weighted by atomic mass is 10.0. The van der Waals surface area contributed by atoms with E-state index in [1.807, 2.05) is 13.8 Å². The fraction of sp³-hybridized carbons (Fsp3) is 0.750. The molecule has 0 aromatic carbocycles. The van der Waals surface area contributed by atoms with Crippen molar-refractivity contribution in [2.45, 2.75) is 63.6 Å². The van der Waals surface area contributed by atoms with Crippen LogP contribution in [-0.4, -0.2) is 35.0 Å². The Labute approximate surface area is 114 Å². The number of nitrogens with two attached hydrogens (primary N) is 1. The standard InChI is InChI=1S/C12H22N4O2S/c1-8-5-4-6-9(2)16(8)19(17,18)12-10(3)14-15-11(12)7-13/h8-9H,4-7,13H2,1-3H3,(H,14,15). The SMILES string of the molecule is Cc1[nH]nc(CN)c1S(=O)(=O)N1C(C)CCCC1C. The molecule has 108 valence electrons. The highest BCUT2D eigenvalue weighted by Crippen LogP contribution is 2.31. The van der Waals surface area contributed by atoms with Crippen molar-refractivity contribution in [1.29, 1.82) is 0 Å². The molecule has 1 saturated heterocycles. The van der Waals surface area contributed by atoms with Crippen molar-refractivity contribution in [3.8, 4) is 0 Å². The Kier molecular flexibility index (Phi) is 3.98. The molecular formula is C12H22N4O2S. The van der Waals surface area contributed by atoms with Gasteiger partial charge in [-0.25, -0.2) is 8.42 Å². The number of piperidine rings is 1. The third-order valence-electron chi connectivity index (χ3n) is 3.80. The smallest absolute Gasteiger partial charge is 0.247 e. The number of rotatable bonds is 3. The lowest BCUT2D eigenvalue weighted by Gasteiger charge is -2.37. The molecule has 0 aliphatic carbocycles. The van der Waals surface area contributed by atoms with Gasteiger partial charge in [0.2, 0.25) is 10.0 Å². The number of aromatic amines is 1. The van der Waals surface area contributed by atoms with E-state index in [0.717, 1.165) is 19.3 Å². The van der Waals surface area contributed by atoms with Gasteiger partial charge in [-0.15, -0.1) is 0 Å². The highest BCUT2D eigenvalue weighted by Gasteiger charge is 2.38. The molecule has 0 saturated carbocycles. The fourth-order valence-electron chi connectivity index (χ4n) is 2.93. The predicted molar refractivity (Wildman–Crippen MR) is 73.0 cm³/mol. The van der Waals surface area contributed by atoms with Crippen LogP contribution < -0.4 is 5.73 Å². The van der Waals surface area contributed by atoms with Crippen LogP contribution in [0.5, 0.6) is 0 Å². The van der Waals surface area contributed by atoms with E-state index in [4.69, 9.17) is 5.73 Å². The number of sulfonamides is 1. The average Bonchev–Trinajstić information content (AvgIpc) is 2.70. The van der Waals surface area contributed by atoms with E-state index in [1.165, 1.54) is 0 Å². The van der Waals surface area contributed by atoms with Gasteiger partial charge in [0.1, 0.15) is 4.90 Å². The van der Waals surface area contributed by atoms with Crippen molar-refractivity contribution in [2.75, 3.05) is 0 Å². The maximum atomic E-state index is 12.9. The van der Waals surface area contributed by atoms with Crippen molar-refractivity contribution >= 4 is 10.0 Å². The van der Waals surface area contributed by atoms with Gasteiger partial charge in [0.05, 0.1) is 11.4 Å². The molecule has 2 heterocycles. The second-order valence-corrected chi connectivity index (χ2v) is 7.07. The molecule has 6 nitrogen and oxygen atoms in total. The van der Waals surface area contributed by atoms with Crippen LogP contribution in [0.2, 0.25) is 0 Å². The monoisotopic (exact) mass is 286 g/mol. The largest absolute Gasteiger partial charge is 0.325 e. The Morgan fingerprint density at radius 3 is 2.47 bits per heavy atom. The highest BCUT2D eigenvalue weighted by atomic mass is 32.2. The number of hydrogen-bond donors (Lipinski definition) is 2. The minimum atomic E-state index is -3.53. The number of aryl methyl sites for hydroxylation is 1. The van der Waals surface area contributed by atoms with Gasteiger partial charge in [0, 0.05) is 18.6 Å². The summed E-state index contributed by atoms with van der Waals surface area (Å²) in [5.74, 6) is 0. The first-order valence-electron chi connectivity index (χ1n) is 6.67. The third kappa shape index (κ3) is 2.42. The molecule has 7 heteroatoms. The van der Waals surface area contributed by atoms with Gasteiger partial charge < -0.3 is 5.73 Å². The van der Waals surface area contributed by atoms with Gasteiger partial charge in [0.25, 0.3) is 0 Å². The maximum Gasteiger partial charge on any atom is 0.247 e. The predicted octanol–water partition coefficient (Wildman–Crippen LogP) is 1.13. The van der Waals surface area contributed by atoms with Crippen LogP contribution in [0.25, 0.3) is 0 Å². The summed E-state index contributed by atoms with van der Waals surface area (Å²) in [5.41, 5.74) is 6.57. The Morgan fingerprint density at radius 1 is 1.37 bits per heavy atom. The lowest BCUT2D eigenvalue weighted by Crippen LogP contribution is -2.47. The molecule has 0 amide bonds. The zero-order chi connectivity index (χ0) is 14.2. The summed E-state index contributed by atoms with van der Waals surface area (Å²) in [7, 11) is -3.53. The minimum Gasteiger partial charge on any atom is -0.325 e. The van der Waals surface area contributed by atoms with Crippen molar-refractivity contribution in [3.63, 3.8) is 0 Å². The first-order chi connectivity index (χ1) is 8.89. The summed E-state index contributed by atoms with van der Waals surface area (Å²) in [6.07, 6.45) is 2.87. The van der Waals surface area contributed by atoms with E-state index in [-0.39, 0.29) is 23.5 Å². The minimum absolute atomic E-state index is 0.0219. The van der Waals surface area contributed by atoms with E-state index in [1.54, 1.807) is 11.2 Å². The third-order valence-corrected chi connectivity index (χ3v) is 6.14. The van der Waals surface area contributed by atoms with E-state index < -0.39 is 10.0 Å². The van der Waals surface area contributed by atoms with E-state index in [0.29, 0.717) is 11.4 Å². The first-order valence-corrected chi connectivity index (χ1v) is 8.11. The number of aromatic nitrogens is 2. The average molecular weight is 286 g/mol. The van der Waals surface area contributed by atoms with E-state index in [9.17, 15) is 8.42 Å². The molecule has 2 unspecified atom stereocenters. The van der Waals surface area contributed by atoms with Crippen LogP contribution in [0.15, 0.2) is 4.90 Å². The molecule has 2 rings (SSSR count). The van der Waals surface area contributed by atoms with Crippen LogP contribution in [-0.2, 0) is 16.6 Å². The molecule has 1 aromatic rings. The van der Waals surface area contributed by atoms with Gasteiger partial charge in [-0.1, -0.05) is 6.42 Å². The molecule has 0 spiro atoms. The number of nitrogens with one attached hydrogen (secondary N) is 1.